The van der Waals surface area contributed by atoms with Crippen molar-refractivity contribution in [1.82, 2.24) is 0 Å². The van der Waals surface area contributed by atoms with Gasteiger partial charge in [0.15, 0.2) is 0 Å². The predicted molar refractivity (Wildman–Crippen MR) is 69.8 cm³/mol. The molecule has 2 atom stereocenters. The van der Waals surface area contributed by atoms with Crippen LogP contribution < -0.4 is 0 Å². The largest absolute Gasteiger partial charge is 0.207 e. The van der Waals surface area contributed by atoms with Gasteiger partial charge in [0.2, 0.25) is 0 Å². The number of benzene rings is 1. The fraction of sp³-hybridized carbons (Fsp3) is 0.538. The number of hydrogen-bond acceptors (Lipinski definition) is 0. The van der Waals surface area contributed by atoms with Crippen LogP contribution in [-0.4, -0.2) is 4.83 Å². The molecule has 1 saturated carbocycles. The highest BCUT2D eigenvalue weighted by molar-refractivity contribution is 9.09. The molecule has 0 aliphatic heterocycles. The molecule has 1 aromatic carbocycles. The van der Waals surface area contributed by atoms with Gasteiger partial charge in [0, 0.05) is 15.4 Å². The first kappa shape index (κ1) is 12.4. The molecule has 0 spiro atoms. The maximum absolute atomic E-state index is 13.6. The third-order valence-corrected chi connectivity index (χ3v) is 4.90. The van der Waals surface area contributed by atoms with E-state index in [1.165, 1.54) is 31.7 Å². The Labute approximate surface area is 109 Å². The van der Waals surface area contributed by atoms with E-state index in [2.05, 4.69) is 15.9 Å². The fourth-order valence-electron chi connectivity index (χ4n) is 2.38. The normalized spacial score (nSPS) is 25.7. The van der Waals surface area contributed by atoms with Gasteiger partial charge >= 0.3 is 0 Å². The van der Waals surface area contributed by atoms with E-state index in [-0.39, 0.29) is 5.82 Å². The molecular formula is C13H15BrClF. The van der Waals surface area contributed by atoms with Gasteiger partial charge in [-0.05, 0) is 37.3 Å². The van der Waals surface area contributed by atoms with E-state index in [9.17, 15) is 4.39 Å². The number of halogens is 3. The average molecular weight is 306 g/mol. The second-order valence-electron chi connectivity index (χ2n) is 4.46. The molecule has 0 bridgehead atoms. The summed E-state index contributed by atoms with van der Waals surface area (Å²) in [6.45, 7) is 0. The second-order valence-corrected chi connectivity index (χ2v) is 6.05. The van der Waals surface area contributed by atoms with Crippen LogP contribution in [0.2, 0.25) is 5.02 Å². The predicted octanol–water partition coefficient (Wildman–Crippen LogP) is 4.98. The fourth-order valence-corrected chi connectivity index (χ4v) is 3.40. The molecule has 0 N–H and O–H groups in total. The summed E-state index contributed by atoms with van der Waals surface area (Å²) < 4.78 is 13.6. The van der Waals surface area contributed by atoms with Gasteiger partial charge in [-0.1, -0.05) is 46.4 Å². The Bertz CT molecular complexity index is 347. The maximum atomic E-state index is 13.6. The Morgan fingerprint density at radius 2 is 2.06 bits per heavy atom. The molecule has 0 aromatic heterocycles. The van der Waals surface area contributed by atoms with Gasteiger partial charge in [-0.25, -0.2) is 4.39 Å². The van der Waals surface area contributed by atoms with Crippen molar-refractivity contribution >= 4 is 27.5 Å². The minimum absolute atomic E-state index is 0.169. The van der Waals surface area contributed by atoms with Gasteiger partial charge in [-0.3, -0.25) is 0 Å². The Balaban J connectivity index is 2.13. The highest BCUT2D eigenvalue weighted by Gasteiger charge is 2.24. The van der Waals surface area contributed by atoms with E-state index in [1.54, 1.807) is 12.1 Å². The summed E-state index contributed by atoms with van der Waals surface area (Å²) in [5.74, 6) is 0.348. The van der Waals surface area contributed by atoms with E-state index in [0.29, 0.717) is 21.3 Å². The van der Waals surface area contributed by atoms with Crippen molar-refractivity contribution in [3.05, 3.63) is 34.6 Å². The van der Waals surface area contributed by atoms with Crippen molar-refractivity contribution in [2.45, 2.75) is 36.9 Å². The first-order chi connectivity index (χ1) is 7.68. The molecule has 1 aromatic rings. The van der Waals surface area contributed by atoms with Crippen molar-refractivity contribution < 1.29 is 4.39 Å². The molecule has 0 heterocycles. The lowest BCUT2D eigenvalue weighted by molar-refractivity contribution is 0.369. The van der Waals surface area contributed by atoms with Gasteiger partial charge in [0.1, 0.15) is 5.82 Å². The molecule has 1 fully saturated rings. The van der Waals surface area contributed by atoms with Crippen molar-refractivity contribution in [2.75, 3.05) is 0 Å². The van der Waals surface area contributed by atoms with Crippen LogP contribution in [0.3, 0.4) is 0 Å². The maximum Gasteiger partial charge on any atom is 0.127 e. The van der Waals surface area contributed by atoms with Gasteiger partial charge in [-0.2, -0.15) is 0 Å². The third kappa shape index (κ3) is 2.78. The molecule has 2 rings (SSSR count). The van der Waals surface area contributed by atoms with Crippen molar-refractivity contribution in [3.63, 3.8) is 0 Å². The zero-order valence-corrected chi connectivity index (χ0v) is 11.4. The SMILES string of the molecule is Fc1cccc(Cl)c1CC1CCCCC1Br. The number of alkyl halides is 1. The molecule has 0 radical (unpaired) electrons. The van der Waals surface area contributed by atoms with Crippen LogP contribution in [0.4, 0.5) is 4.39 Å². The summed E-state index contributed by atoms with van der Waals surface area (Å²) in [5, 5.41) is 0.560. The molecular weight excluding hydrogens is 290 g/mol. The van der Waals surface area contributed by atoms with Crippen molar-refractivity contribution in [2.24, 2.45) is 5.92 Å². The smallest absolute Gasteiger partial charge is 0.127 e. The highest BCUT2D eigenvalue weighted by atomic mass is 79.9. The zero-order chi connectivity index (χ0) is 11.5. The van der Waals surface area contributed by atoms with E-state index in [1.807, 2.05) is 0 Å². The molecule has 0 amide bonds. The first-order valence-electron chi connectivity index (χ1n) is 5.75. The van der Waals surface area contributed by atoms with Crippen LogP contribution in [0.15, 0.2) is 18.2 Å². The van der Waals surface area contributed by atoms with E-state index in [0.717, 1.165) is 6.42 Å². The van der Waals surface area contributed by atoms with E-state index >= 15 is 0 Å². The molecule has 0 saturated heterocycles. The van der Waals surface area contributed by atoms with Crippen molar-refractivity contribution in [3.8, 4) is 0 Å². The topological polar surface area (TPSA) is 0 Å². The van der Waals surface area contributed by atoms with Gasteiger partial charge < -0.3 is 0 Å². The van der Waals surface area contributed by atoms with Crippen LogP contribution in [0.5, 0.6) is 0 Å². The second kappa shape index (κ2) is 5.50. The Hall–Kier alpha value is -0.0800. The monoisotopic (exact) mass is 304 g/mol. The molecule has 0 nitrogen and oxygen atoms in total. The van der Waals surface area contributed by atoms with Crippen LogP contribution in [-0.2, 0) is 6.42 Å². The quantitative estimate of drug-likeness (QED) is 0.676. The van der Waals surface area contributed by atoms with Gasteiger partial charge in [0.25, 0.3) is 0 Å². The van der Waals surface area contributed by atoms with Crippen molar-refractivity contribution in [1.29, 1.82) is 0 Å². The molecule has 1 aliphatic rings. The van der Waals surface area contributed by atoms with Crippen LogP contribution in [0.25, 0.3) is 0 Å². The van der Waals surface area contributed by atoms with Crippen LogP contribution >= 0.6 is 27.5 Å². The van der Waals surface area contributed by atoms with E-state index < -0.39 is 0 Å². The lowest BCUT2D eigenvalue weighted by atomic mass is 9.84. The lowest BCUT2D eigenvalue weighted by Crippen LogP contribution is -2.21. The van der Waals surface area contributed by atoms with E-state index in [4.69, 9.17) is 11.6 Å². The first-order valence-corrected chi connectivity index (χ1v) is 7.05. The van der Waals surface area contributed by atoms with Crippen LogP contribution in [0, 0.1) is 11.7 Å². The van der Waals surface area contributed by atoms with Crippen LogP contribution in [0.1, 0.15) is 31.2 Å². The number of hydrogen-bond donors (Lipinski definition) is 0. The van der Waals surface area contributed by atoms with Gasteiger partial charge in [-0.15, -0.1) is 0 Å². The molecule has 16 heavy (non-hydrogen) atoms. The number of rotatable bonds is 2. The summed E-state index contributed by atoms with van der Waals surface area (Å²) in [5.41, 5.74) is 0.681. The Morgan fingerprint density at radius 3 is 2.75 bits per heavy atom. The summed E-state index contributed by atoms with van der Waals surface area (Å²) in [7, 11) is 0. The lowest BCUT2D eigenvalue weighted by Gasteiger charge is -2.27. The average Bonchev–Trinajstić information content (AvgIpc) is 2.26. The summed E-state index contributed by atoms with van der Waals surface area (Å²) in [6, 6.07) is 4.92. The van der Waals surface area contributed by atoms with Gasteiger partial charge in [0.05, 0.1) is 0 Å². The molecule has 88 valence electrons. The molecule has 1 aliphatic carbocycles. The molecule has 2 unspecified atom stereocenters. The minimum atomic E-state index is -0.169. The minimum Gasteiger partial charge on any atom is -0.207 e. The highest BCUT2D eigenvalue weighted by Crippen LogP contribution is 2.34. The summed E-state index contributed by atoms with van der Waals surface area (Å²) >= 11 is 9.74. The Morgan fingerprint density at radius 1 is 1.31 bits per heavy atom. The Kier molecular flexibility index (Phi) is 4.26. The molecule has 3 heteroatoms. The standard InChI is InChI=1S/C13H15BrClF/c14-11-5-2-1-4-9(11)8-10-12(15)6-3-7-13(10)16/h3,6-7,9,11H,1-2,4-5,8H2. The zero-order valence-electron chi connectivity index (χ0n) is 9.06. The third-order valence-electron chi connectivity index (χ3n) is 3.34. The summed E-state index contributed by atoms with van der Waals surface area (Å²) in [4.78, 5) is 0.511. The summed E-state index contributed by atoms with van der Waals surface area (Å²) in [6.07, 6.45) is 5.63.